The van der Waals surface area contributed by atoms with E-state index in [2.05, 4.69) is 23.2 Å². The molecular weight excluding hydrogens is 240 g/mol. The Kier molecular flexibility index (Phi) is 5.20. The third-order valence-electron chi connectivity index (χ3n) is 3.16. The average molecular weight is 266 g/mol. The molecule has 1 rings (SSSR count). The number of hydrogen-bond donors (Lipinski definition) is 2. The van der Waals surface area contributed by atoms with Crippen molar-refractivity contribution in [1.29, 1.82) is 0 Å². The molecule has 19 heavy (non-hydrogen) atoms. The second-order valence-electron chi connectivity index (χ2n) is 5.57. The first-order valence-corrected chi connectivity index (χ1v) is 6.58. The van der Waals surface area contributed by atoms with Gasteiger partial charge in [0.05, 0.1) is 12.7 Å². The van der Waals surface area contributed by atoms with Gasteiger partial charge in [-0.1, -0.05) is 6.07 Å². The van der Waals surface area contributed by atoms with Crippen molar-refractivity contribution in [3.05, 3.63) is 23.8 Å². The van der Waals surface area contributed by atoms with Gasteiger partial charge in [-0.25, -0.2) is 0 Å². The van der Waals surface area contributed by atoms with Gasteiger partial charge in [0.2, 0.25) is 0 Å². The van der Waals surface area contributed by atoms with Crippen molar-refractivity contribution in [3.63, 3.8) is 0 Å². The zero-order chi connectivity index (χ0) is 14.6. The van der Waals surface area contributed by atoms with E-state index in [1.165, 1.54) is 0 Å². The van der Waals surface area contributed by atoms with Gasteiger partial charge in [-0.3, -0.25) is 0 Å². The Morgan fingerprint density at radius 2 is 2.05 bits per heavy atom. The molecule has 1 aromatic rings. The number of aliphatic hydroxyl groups is 1. The molecule has 4 heteroatoms. The van der Waals surface area contributed by atoms with E-state index in [9.17, 15) is 5.11 Å². The van der Waals surface area contributed by atoms with E-state index in [4.69, 9.17) is 4.74 Å². The van der Waals surface area contributed by atoms with E-state index >= 15 is 0 Å². The largest absolute Gasteiger partial charge is 0.496 e. The molecule has 1 atom stereocenters. The zero-order valence-electron chi connectivity index (χ0n) is 12.8. The van der Waals surface area contributed by atoms with Crippen LogP contribution in [0.1, 0.15) is 32.4 Å². The molecule has 1 aromatic carbocycles. The van der Waals surface area contributed by atoms with Crippen LogP contribution < -0.4 is 15.0 Å². The topological polar surface area (TPSA) is 44.7 Å². The summed E-state index contributed by atoms with van der Waals surface area (Å²) in [6.07, 6.45) is 0. The summed E-state index contributed by atoms with van der Waals surface area (Å²) < 4.78 is 5.46. The third-order valence-corrected chi connectivity index (χ3v) is 3.16. The van der Waals surface area contributed by atoms with Gasteiger partial charge < -0.3 is 20.1 Å². The molecule has 0 aromatic heterocycles. The lowest BCUT2D eigenvalue weighted by molar-refractivity contribution is 0.0885. The van der Waals surface area contributed by atoms with Gasteiger partial charge in [-0.15, -0.1) is 0 Å². The molecule has 0 spiro atoms. The smallest absolute Gasteiger partial charge is 0.125 e. The Morgan fingerprint density at radius 3 is 2.53 bits per heavy atom. The lowest BCUT2D eigenvalue weighted by Crippen LogP contribution is -2.37. The van der Waals surface area contributed by atoms with Crippen LogP contribution in [0, 0.1) is 0 Å². The van der Waals surface area contributed by atoms with Crippen LogP contribution >= 0.6 is 0 Å². The molecule has 0 aliphatic rings. The predicted octanol–water partition coefficient (Wildman–Crippen LogP) is 2.18. The number of anilines is 1. The standard InChI is InChI=1S/C15H26N2O2/c1-11(16-4)14-12(8-7-9-13(14)19-6)17(5)10-15(2,3)18/h7-9,11,16,18H,10H2,1-6H3. The SMILES string of the molecule is CNC(C)c1c(OC)cccc1N(C)CC(C)(C)O. The molecule has 1 unspecified atom stereocenters. The number of nitrogens with one attached hydrogen (secondary N) is 1. The van der Waals surface area contributed by atoms with Gasteiger partial charge in [0.25, 0.3) is 0 Å². The maximum absolute atomic E-state index is 9.97. The van der Waals surface area contributed by atoms with Crippen LogP contribution in [-0.4, -0.2) is 38.5 Å². The van der Waals surface area contributed by atoms with Gasteiger partial charge in [0.1, 0.15) is 5.75 Å². The van der Waals surface area contributed by atoms with Crippen molar-refractivity contribution >= 4 is 5.69 Å². The van der Waals surface area contributed by atoms with E-state index < -0.39 is 5.60 Å². The Balaban J connectivity index is 3.19. The number of methoxy groups -OCH3 is 1. The Morgan fingerprint density at radius 1 is 1.42 bits per heavy atom. The fraction of sp³-hybridized carbons (Fsp3) is 0.600. The Hall–Kier alpha value is -1.26. The summed E-state index contributed by atoms with van der Waals surface area (Å²) >= 11 is 0. The van der Waals surface area contributed by atoms with Gasteiger partial charge >= 0.3 is 0 Å². The second kappa shape index (κ2) is 6.26. The normalized spacial score (nSPS) is 13.2. The number of nitrogens with zero attached hydrogens (tertiary/aromatic N) is 1. The van der Waals surface area contributed by atoms with Gasteiger partial charge in [-0.2, -0.15) is 0 Å². The van der Waals surface area contributed by atoms with Gasteiger partial charge in [0.15, 0.2) is 0 Å². The van der Waals surface area contributed by atoms with Crippen LogP contribution in [-0.2, 0) is 0 Å². The summed E-state index contributed by atoms with van der Waals surface area (Å²) in [6.45, 7) is 6.28. The minimum Gasteiger partial charge on any atom is -0.496 e. The van der Waals surface area contributed by atoms with Gasteiger partial charge in [-0.05, 0) is 40.0 Å². The average Bonchev–Trinajstić information content (AvgIpc) is 2.34. The molecular formula is C15H26N2O2. The number of likely N-dealkylation sites (N-methyl/N-ethyl adjacent to an activating group) is 1. The van der Waals surface area contributed by atoms with E-state index in [0.717, 1.165) is 17.0 Å². The molecule has 0 aliphatic heterocycles. The number of benzene rings is 1. The number of hydrogen-bond acceptors (Lipinski definition) is 4. The van der Waals surface area contributed by atoms with Crippen LogP contribution in [0.4, 0.5) is 5.69 Å². The minimum atomic E-state index is -0.738. The first kappa shape index (κ1) is 15.8. The monoisotopic (exact) mass is 266 g/mol. The lowest BCUT2D eigenvalue weighted by atomic mass is 10.0. The summed E-state index contributed by atoms with van der Waals surface area (Å²) in [4.78, 5) is 2.06. The molecule has 4 nitrogen and oxygen atoms in total. The molecule has 0 amide bonds. The molecule has 0 fully saturated rings. The molecule has 0 radical (unpaired) electrons. The maximum Gasteiger partial charge on any atom is 0.125 e. The summed E-state index contributed by atoms with van der Waals surface area (Å²) in [5.41, 5.74) is 1.44. The number of ether oxygens (including phenoxy) is 1. The predicted molar refractivity (Wildman–Crippen MR) is 80.0 cm³/mol. The molecule has 0 saturated carbocycles. The molecule has 0 saturated heterocycles. The summed E-state index contributed by atoms with van der Waals surface area (Å²) in [5, 5.41) is 13.2. The van der Waals surface area contributed by atoms with Crippen LogP contribution in [0.5, 0.6) is 5.75 Å². The molecule has 0 heterocycles. The highest BCUT2D eigenvalue weighted by Crippen LogP contribution is 2.34. The summed E-state index contributed by atoms with van der Waals surface area (Å²) in [7, 11) is 5.59. The molecule has 0 aliphatic carbocycles. The molecule has 108 valence electrons. The summed E-state index contributed by atoms with van der Waals surface area (Å²) in [6, 6.07) is 6.17. The van der Waals surface area contributed by atoms with Crippen LogP contribution in [0.3, 0.4) is 0 Å². The highest BCUT2D eigenvalue weighted by atomic mass is 16.5. The van der Waals surface area contributed by atoms with Crippen LogP contribution in [0.25, 0.3) is 0 Å². The highest BCUT2D eigenvalue weighted by molar-refractivity contribution is 5.60. The zero-order valence-corrected chi connectivity index (χ0v) is 12.8. The van der Waals surface area contributed by atoms with Crippen molar-refractivity contribution in [2.75, 3.05) is 32.6 Å². The number of rotatable bonds is 6. The van der Waals surface area contributed by atoms with Crippen molar-refractivity contribution < 1.29 is 9.84 Å². The molecule has 2 N–H and O–H groups in total. The lowest BCUT2D eigenvalue weighted by Gasteiger charge is -2.31. The van der Waals surface area contributed by atoms with Crippen molar-refractivity contribution in [2.24, 2.45) is 0 Å². The van der Waals surface area contributed by atoms with E-state index in [0.29, 0.717) is 6.54 Å². The fourth-order valence-electron chi connectivity index (χ4n) is 2.29. The molecule has 0 bridgehead atoms. The first-order valence-electron chi connectivity index (χ1n) is 6.58. The second-order valence-corrected chi connectivity index (χ2v) is 5.57. The highest BCUT2D eigenvalue weighted by Gasteiger charge is 2.21. The Bertz CT molecular complexity index is 413. The summed E-state index contributed by atoms with van der Waals surface area (Å²) in [5.74, 6) is 0.863. The van der Waals surface area contributed by atoms with Crippen molar-refractivity contribution in [2.45, 2.75) is 32.4 Å². The first-order chi connectivity index (χ1) is 8.80. The Labute approximate surface area is 116 Å². The van der Waals surface area contributed by atoms with E-state index in [1.54, 1.807) is 7.11 Å². The van der Waals surface area contributed by atoms with Crippen LogP contribution in [0.15, 0.2) is 18.2 Å². The fourth-order valence-corrected chi connectivity index (χ4v) is 2.29. The quantitative estimate of drug-likeness (QED) is 0.828. The minimum absolute atomic E-state index is 0.176. The van der Waals surface area contributed by atoms with Crippen LogP contribution in [0.2, 0.25) is 0 Å². The van der Waals surface area contributed by atoms with Crippen molar-refractivity contribution in [1.82, 2.24) is 5.32 Å². The van der Waals surface area contributed by atoms with E-state index in [1.807, 2.05) is 40.1 Å². The van der Waals surface area contributed by atoms with Crippen molar-refractivity contribution in [3.8, 4) is 5.75 Å². The van der Waals surface area contributed by atoms with Gasteiger partial charge in [0, 0.05) is 30.9 Å². The van der Waals surface area contributed by atoms with E-state index in [-0.39, 0.29) is 6.04 Å². The maximum atomic E-state index is 9.97. The third kappa shape index (κ3) is 4.11.